The van der Waals surface area contributed by atoms with Crippen molar-refractivity contribution in [2.45, 2.75) is 20.0 Å². The molecule has 2 rings (SSSR count). The summed E-state index contributed by atoms with van der Waals surface area (Å²) in [7, 11) is 0. The van der Waals surface area contributed by atoms with E-state index in [1.54, 1.807) is 19.2 Å². The lowest BCUT2D eigenvalue weighted by atomic mass is 10.1. The van der Waals surface area contributed by atoms with E-state index in [4.69, 9.17) is 9.84 Å². The Hall–Kier alpha value is -2.21. The first kappa shape index (κ1) is 14.2. The molecule has 6 nitrogen and oxygen atoms in total. The Labute approximate surface area is 116 Å². The summed E-state index contributed by atoms with van der Waals surface area (Å²) in [6.45, 7) is 4.00. The van der Waals surface area contributed by atoms with Gasteiger partial charge < -0.3 is 15.2 Å². The van der Waals surface area contributed by atoms with Crippen molar-refractivity contribution in [1.82, 2.24) is 9.97 Å². The maximum atomic E-state index is 12.1. The smallest absolute Gasteiger partial charge is 0.342 e. The molecular formula is C14H17N3O3. The lowest BCUT2D eigenvalue weighted by Gasteiger charge is -2.14. The molecule has 2 heterocycles. The zero-order valence-corrected chi connectivity index (χ0v) is 11.5. The first-order valence-electron chi connectivity index (χ1n) is 6.46. The number of carbonyl (C=O) groups is 1. The van der Waals surface area contributed by atoms with Crippen molar-refractivity contribution in [3.05, 3.63) is 30.1 Å². The first-order valence-corrected chi connectivity index (χ1v) is 6.46. The second-order valence-electron chi connectivity index (χ2n) is 4.35. The number of hydrogen-bond acceptors (Lipinski definition) is 6. The van der Waals surface area contributed by atoms with Gasteiger partial charge in [-0.3, -0.25) is 0 Å². The van der Waals surface area contributed by atoms with Crippen LogP contribution < -0.4 is 5.32 Å². The van der Waals surface area contributed by atoms with Gasteiger partial charge in [-0.25, -0.2) is 14.8 Å². The maximum absolute atomic E-state index is 12.1. The molecule has 0 radical (unpaired) electrons. The summed E-state index contributed by atoms with van der Waals surface area (Å²) in [5, 5.41) is 12.9. The number of anilines is 1. The van der Waals surface area contributed by atoms with Gasteiger partial charge >= 0.3 is 5.97 Å². The zero-order valence-electron chi connectivity index (χ0n) is 11.5. The Kier molecular flexibility index (Phi) is 4.47. The van der Waals surface area contributed by atoms with Gasteiger partial charge in [0.05, 0.1) is 12.3 Å². The van der Waals surface area contributed by atoms with Gasteiger partial charge in [0.25, 0.3) is 0 Å². The molecular weight excluding hydrogens is 258 g/mol. The van der Waals surface area contributed by atoms with Crippen molar-refractivity contribution < 1.29 is 14.6 Å². The minimum Gasteiger partial charge on any atom is -0.457 e. The number of rotatable bonds is 5. The molecule has 0 aliphatic rings. The number of aliphatic hydroxyl groups is 1. The molecule has 0 aliphatic carbocycles. The average Bonchev–Trinajstić information content (AvgIpc) is 2.47. The van der Waals surface area contributed by atoms with Crippen LogP contribution in [-0.4, -0.2) is 40.3 Å². The highest BCUT2D eigenvalue weighted by atomic mass is 16.5. The number of fused-ring (bicyclic) bond motifs is 1. The van der Waals surface area contributed by atoms with Gasteiger partial charge in [0.1, 0.15) is 11.7 Å². The second-order valence-corrected chi connectivity index (χ2v) is 4.35. The number of nitrogens with one attached hydrogen (secondary N) is 1. The highest BCUT2D eigenvalue weighted by Gasteiger charge is 2.18. The van der Waals surface area contributed by atoms with Crippen molar-refractivity contribution in [1.29, 1.82) is 0 Å². The quantitative estimate of drug-likeness (QED) is 0.806. The minimum atomic E-state index is -0.554. The largest absolute Gasteiger partial charge is 0.457 e. The molecule has 0 saturated heterocycles. The summed E-state index contributed by atoms with van der Waals surface area (Å²) in [5.41, 5.74) is 1.56. The van der Waals surface area contributed by atoms with E-state index in [0.29, 0.717) is 23.4 Å². The normalized spacial score (nSPS) is 12.2. The molecule has 106 valence electrons. The van der Waals surface area contributed by atoms with E-state index in [0.717, 1.165) is 5.39 Å². The number of nitrogens with zero attached hydrogens (tertiary/aromatic N) is 2. The van der Waals surface area contributed by atoms with Crippen LogP contribution in [-0.2, 0) is 4.74 Å². The van der Waals surface area contributed by atoms with Crippen molar-refractivity contribution >= 4 is 22.7 Å². The van der Waals surface area contributed by atoms with Crippen LogP contribution in [0.25, 0.3) is 11.0 Å². The van der Waals surface area contributed by atoms with Crippen LogP contribution >= 0.6 is 0 Å². The predicted molar refractivity (Wildman–Crippen MR) is 75.7 cm³/mol. The summed E-state index contributed by atoms with van der Waals surface area (Å²) < 4.78 is 5.13. The van der Waals surface area contributed by atoms with Crippen LogP contribution in [0.15, 0.2) is 24.5 Å². The average molecular weight is 275 g/mol. The van der Waals surface area contributed by atoms with Gasteiger partial charge in [-0.1, -0.05) is 0 Å². The summed E-state index contributed by atoms with van der Waals surface area (Å²) in [5.74, 6) is -0.513. The van der Waals surface area contributed by atoms with Gasteiger partial charge in [-0.15, -0.1) is 0 Å². The number of carbonyl (C=O) groups excluding carboxylic acids is 1. The van der Waals surface area contributed by atoms with Gasteiger partial charge in [0, 0.05) is 24.3 Å². The van der Waals surface area contributed by atoms with Crippen LogP contribution in [0.5, 0.6) is 0 Å². The zero-order chi connectivity index (χ0) is 14.5. The molecule has 2 N–H and O–H groups in total. The Balaban J connectivity index is 2.46. The highest BCUT2D eigenvalue weighted by Crippen LogP contribution is 2.25. The lowest BCUT2D eigenvalue weighted by Crippen LogP contribution is -2.20. The molecule has 0 bridgehead atoms. The fourth-order valence-corrected chi connectivity index (χ4v) is 1.84. The van der Waals surface area contributed by atoms with E-state index in [-0.39, 0.29) is 6.61 Å². The Morgan fingerprint density at radius 2 is 2.30 bits per heavy atom. The third kappa shape index (κ3) is 2.85. The lowest BCUT2D eigenvalue weighted by molar-refractivity contribution is 0.0197. The highest BCUT2D eigenvalue weighted by molar-refractivity contribution is 6.04. The number of pyridine rings is 2. The van der Waals surface area contributed by atoms with Gasteiger partial charge in [-0.05, 0) is 26.0 Å². The third-order valence-corrected chi connectivity index (χ3v) is 2.78. The van der Waals surface area contributed by atoms with Gasteiger partial charge in [0.2, 0.25) is 0 Å². The van der Waals surface area contributed by atoms with Crippen LogP contribution in [0.3, 0.4) is 0 Å². The number of ether oxygens (including phenoxy) is 1. The summed E-state index contributed by atoms with van der Waals surface area (Å²) in [6, 6.07) is 3.63. The van der Waals surface area contributed by atoms with Crippen molar-refractivity contribution in [3.8, 4) is 0 Å². The van der Waals surface area contributed by atoms with Gasteiger partial charge in [-0.2, -0.15) is 0 Å². The van der Waals surface area contributed by atoms with Crippen molar-refractivity contribution in [2.75, 3.05) is 18.5 Å². The number of hydrogen-bond donors (Lipinski definition) is 2. The molecule has 6 heteroatoms. The fraction of sp³-hybridized carbons (Fsp3) is 0.357. The van der Waals surface area contributed by atoms with E-state index in [2.05, 4.69) is 15.3 Å². The monoisotopic (exact) mass is 275 g/mol. The molecule has 0 saturated carbocycles. The van der Waals surface area contributed by atoms with E-state index >= 15 is 0 Å². The van der Waals surface area contributed by atoms with Crippen molar-refractivity contribution in [2.24, 2.45) is 0 Å². The Morgan fingerprint density at radius 1 is 1.50 bits per heavy atom. The van der Waals surface area contributed by atoms with Crippen LogP contribution in [0.1, 0.15) is 24.2 Å². The van der Waals surface area contributed by atoms with E-state index < -0.39 is 12.1 Å². The second kappa shape index (κ2) is 6.29. The molecule has 1 atom stereocenters. The molecule has 2 aromatic heterocycles. The SMILES string of the molecule is CCNc1c(C(=O)OC(C)CO)cnc2ncccc12. The predicted octanol–water partition coefficient (Wildman–Crippen LogP) is 1.60. The summed E-state index contributed by atoms with van der Waals surface area (Å²) in [6.07, 6.45) is 2.54. The van der Waals surface area contributed by atoms with E-state index in [9.17, 15) is 4.79 Å². The summed E-state index contributed by atoms with van der Waals surface area (Å²) >= 11 is 0. The fourth-order valence-electron chi connectivity index (χ4n) is 1.84. The van der Waals surface area contributed by atoms with Crippen LogP contribution in [0.4, 0.5) is 5.69 Å². The molecule has 20 heavy (non-hydrogen) atoms. The molecule has 0 fully saturated rings. The standard InChI is InChI=1S/C14H17N3O3/c1-3-15-12-10-5-4-6-16-13(10)17-7-11(12)14(19)20-9(2)8-18/h4-7,9,18H,3,8H2,1-2H3,(H,15,16,17). The summed E-state index contributed by atoms with van der Waals surface area (Å²) in [4.78, 5) is 20.4. The minimum absolute atomic E-state index is 0.217. The van der Waals surface area contributed by atoms with Crippen LogP contribution in [0.2, 0.25) is 0 Å². The Morgan fingerprint density at radius 3 is 3.00 bits per heavy atom. The molecule has 2 aromatic rings. The molecule has 0 aromatic carbocycles. The van der Waals surface area contributed by atoms with Crippen molar-refractivity contribution in [3.63, 3.8) is 0 Å². The topological polar surface area (TPSA) is 84.3 Å². The van der Waals surface area contributed by atoms with Crippen LogP contribution in [0, 0.1) is 0 Å². The van der Waals surface area contributed by atoms with Gasteiger partial charge in [0.15, 0.2) is 5.65 Å². The number of aromatic nitrogens is 2. The first-order chi connectivity index (χ1) is 9.67. The molecule has 0 spiro atoms. The Bertz CT molecular complexity index is 616. The number of aliphatic hydroxyl groups excluding tert-OH is 1. The third-order valence-electron chi connectivity index (χ3n) is 2.78. The maximum Gasteiger partial charge on any atom is 0.342 e. The molecule has 1 unspecified atom stereocenters. The van der Waals surface area contributed by atoms with E-state index in [1.807, 2.05) is 13.0 Å². The number of esters is 1. The molecule has 0 aliphatic heterocycles. The van der Waals surface area contributed by atoms with E-state index in [1.165, 1.54) is 6.20 Å². The molecule has 0 amide bonds.